The van der Waals surface area contributed by atoms with Crippen molar-refractivity contribution in [1.82, 2.24) is 0 Å². The minimum atomic E-state index is -1.33. The third kappa shape index (κ3) is 2.86. The molecule has 0 bridgehead atoms. The van der Waals surface area contributed by atoms with Crippen LogP contribution in [0.3, 0.4) is 0 Å². The van der Waals surface area contributed by atoms with E-state index in [0.717, 1.165) is 12.1 Å². The topological polar surface area (TPSA) is 83.6 Å². The first-order valence-electron chi connectivity index (χ1n) is 5.06. The number of hydrogen-bond donors (Lipinski definition) is 3. The molecule has 0 spiro atoms. The lowest BCUT2D eigenvalue weighted by molar-refractivity contribution is 0.0693. The molecule has 19 heavy (non-hydrogen) atoms. The van der Waals surface area contributed by atoms with Crippen LogP contribution in [0.5, 0.6) is 5.75 Å². The molecular formula is C12H11ClFNO3S. The number of nitrogens with two attached hydrogens (primary N) is 1. The minimum absolute atomic E-state index is 0. The zero-order valence-electron chi connectivity index (χ0n) is 9.54. The van der Waals surface area contributed by atoms with Crippen molar-refractivity contribution in [3.63, 3.8) is 0 Å². The molecule has 0 saturated carbocycles. The Hall–Kier alpha value is -1.63. The first-order chi connectivity index (χ1) is 8.52. The Morgan fingerprint density at radius 3 is 2.58 bits per heavy atom. The maximum Gasteiger partial charge on any atom is 0.339 e. The van der Waals surface area contributed by atoms with Crippen molar-refractivity contribution in [3.05, 3.63) is 51.5 Å². The summed E-state index contributed by atoms with van der Waals surface area (Å²) < 4.78 is 13.7. The fourth-order valence-electron chi connectivity index (χ4n) is 1.66. The normalized spacial score (nSPS) is 11.7. The van der Waals surface area contributed by atoms with E-state index in [9.17, 15) is 14.3 Å². The maximum atomic E-state index is 13.7. The molecule has 4 nitrogen and oxygen atoms in total. The highest BCUT2D eigenvalue weighted by Crippen LogP contribution is 2.34. The highest BCUT2D eigenvalue weighted by Gasteiger charge is 2.23. The molecule has 0 fully saturated rings. The molecule has 0 radical (unpaired) electrons. The summed E-state index contributed by atoms with van der Waals surface area (Å²) in [7, 11) is 0. The van der Waals surface area contributed by atoms with Crippen LogP contribution in [0, 0.1) is 5.82 Å². The van der Waals surface area contributed by atoms with Gasteiger partial charge in [0.05, 0.1) is 11.6 Å². The molecule has 1 aromatic carbocycles. The summed E-state index contributed by atoms with van der Waals surface area (Å²) in [5.74, 6) is -2.67. The average molecular weight is 304 g/mol. The Kier molecular flexibility index (Phi) is 4.88. The van der Waals surface area contributed by atoms with E-state index in [1.54, 1.807) is 17.5 Å². The Balaban J connectivity index is 0.00000180. The van der Waals surface area contributed by atoms with Gasteiger partial charge in [0.2, 0.25) is 0 Å². The van der Waals surface area contributed by atoms with E-state index in [-0.39, 0.29) is 23.5 Å². The number of halogens is 2. The van der Waals surface area contributed by atoms with Gasteiger partial charge in [-0.2, -0.15) is 0 Å². The standard InChI is InChI=1S/C12H10FNO3S.ClH/c13-7-4-3-6(12(16)17)11(15)9(7)10(14)8-2-1-5-18-8;/h1-5,10,15H,14H2,(H,16,17);1H/t10-;/m0./s1. The molecule has 0 amide bonds. The minimum Gasteiger partial charge on any atom is -0.507 e. The van der Waals surface area contributed by atoms with Crippen LogP contribution < -0.4 is 5.73 Å². The lowest BCUT2D eigenvalue weighted by Crippen LogP contribution is -2.14. The van der Waals surface area contributed by atoms with Crippen LogP contribution in [0.15, 0.2) is 29.6 Å². The van der Waals surface area contributed by atoms with E-state index >= 15 is 0 Å². The second-order valence-corrected chi connectivity index (χ2v) is 4.63. The molecule has 7 heteroatoms. The van der Waals surface area contributed by atoms with Crippen molar-refractivity contribution in [3.8, 4) is 5.75 Å². The van der Waals surface area contributed by atoms with E-state index in [0.29, 0.717) is 4.88 Å². The summed E-state index contributed by atoms with van der Waals surface area (Å²) in [6, 6.07) is 4.56. The predicted molar refractivity (Wildman–Crippen MR) is 72.6 cm³/mol. The van der Waals surface area contributed by atoms with E-state index in [2.05, 4.69) is 0 Å². The van der Waals surface area contributed by atoms with Gasteiger partial charge in [-0.15, -0.1) is 23.7 Å². The summed E-state index contributed by atoms with van der Waals surface area (Å²) in [5, 5.41) is 20.5. The molecule has 1 aromatic heterocycles. The third-order valence-corrected chi connectivity index (χ3v) is 3.51. The second kappa shape index (κ2) is 6.01. The van der Waals surface area contributed by atoms with Crippen molar-refractivity contribution in [2.45, 2.75) is 6.04 Å². The summed E-state index contributed by atoms with van der Waals surface area (Å²) in [6.45, 7) is 0. The summed E-state index contributed by atoms with van der Waals surface area (Å²) in [6.07, 6.45) is 0. The molecule has 2 aromatic rings. The first kappa shape index (κ1) is 15.4. The average Bonchev–Trinajstić information content (AvgIpc) is 2.81. The van der Waals surface area contributed by atoms with E-state index in [4.69, 9.17) is 10.8 Å². The highest BCUT2D eigenvalue weighted by molar-refractivity contribution is 7.10. The molecule has 0 saturated heterocycles. The van der Waals surface area contributed by atoms with Gasteiger partial charge >= 0.3 is 5.97 Å². The van der Waals surface area contributed by atoms with Crippen molar-refractivity contribution >= 4 is 29.7 Å². The first-order valence-corrected chi connectivity index (χ1v) is 5.94. The molecule has 0 aliphatic carbocycles. The molecule has 102 valence electrons. The molecule has 1 heterocycles. The SMILES string of the molecule is Cl.N[C@@H](c1cccs1)c1c(F)ccc(C(=O)O)c1O. The quantitative estimate of drug-likeness (QED) is 0.814. The summed E-state index contributed by atoms with van der Waals surface area (Å²) >= 11 is 1.31. The molecule has 0 aliphatic heterocycles. The number of carboxylic acid groups (broad SMARTS) is 1. The number of carboxylic acids is 1. The van der Waals surface area contributed by atoms with Crippen LogP contribution in [-0.2, 0) is 0 Å². The fourth-order valence-corrected chi connectivity index (χ4v) is 2.40. The lowest BCUT2D eigenvalue weighted by Gasteiger charge is -2.14. The van der Waals surface area contributed by atoms with Crippen molar-refractivity contribution in [1.29, 1.82) is 0 Å². The van der Waals surface area contributed by atoms with Gasteiger partial charge in [0, 0.05) is 4.88 Å². The maximum absolute atomic E-state index is 13.7. The molecule has 0 aliphatic rings. The summed E-state index contributed by atoms with van der Waals surface area (Å²) in [4.78, 5) is 11.5. The number of hydrogen-bond acceptors (Lipinski definition) is 4. The number of carbonyl (C=O) groups is 1. The van der Waals surface area contributed by atoms with Crippen LogP contribution in [0.4, 0.5) is 4.39 Å². The number of rotatable bonds is 3. The molecule has 0 unspecified atom stereocenters. The molecule has 1 atom stereocenters. The molecular weight excluding hydrogens is 293 g/mol. The lowest BCUT2D eigenvalue weighted by atomic mass is 10.0. The third-order valence-electron chi connectivity index (χ3n) is 2.55. The van der Waals surface area contributed by atoms with Crippen molar-refractivity contribution in [2.75, 3.05) is 0 Å². The van der Waals surface area contributed by atoms with Gasteiger partial charge in [-0.25, -0.2) is 9.18 Å². The van der Waals surface area contributed by atoms with E-state index in [1.807, 2.05) is 0 Å². The van der Waals surface area contributed by atoms with E-state index < -0.39 is 23.6 Å². The largest absolute Gasteiger partial charge is 0.507 e. The zero-order chi connectivity index (χ0) is 13.3. The van der Waals surface area contributed by atoms with Crippen LogP contribution in [0.25, 0.3) is 0 Å². The van der Waals surface area contributed by atoms with Gasteiger partial charge < -0.3 is 15.9 Å². The number of benzene rings is 1. The Morgan fingerprint density at radius 1 is 1.37 bits per heavy atom. The monoisotopic (exact) mass is 303 g/mol. The van der Waals surface area contributed by atoms with Gasteiger partial charge in [0.15, 0.2) is 0 Å². The Bertz CT molecular complexity index is 589. The smallest absolute Gasteiger partial charge is 0.339 e. The van der Waals surface area contributed by atoms with E-state index in [1.165, 1.54) is 11.3 Å². The van der Waals surface area contributed by atoms with Crippen molar-refractivity contribution in [2.24, 2.45) is 5.73 Å². The fraction of sp³-hybridized carbons (Fsp3) is 0.0833. The van der Waals surface area contributed by atoms with Crippen LogP contribution in [0.1, 0.15) is 26.8 Å². The van der Waals surface area contributed by atoms with Crippen LogP contribution in [-0.4, -0.2) is 16.2 Å². The number of thiophene rings is 1. The number of aromatic hydroxyl groups is 1. The predicted octanol–water partition coefficient (Wildman–Crippen LogP) is 2.76. The van der Waals surface area contributed by atoms with Gasteiger partial charge in [-0.1, -0.05) is 6.07 Å². The van der Waals surface area contributed by atoms with Gasteiger partial charge in [-0.05, 0) is 23.6 Å². The van der Waals surface area contributed by atoms with Gasteiger partial charge in [0.1, 0.15) is 17.1 Å². The van der Waals surface area contributed by atoms with Crippen LogP contribution in [0.2, 0.25) is 0 Å². The number of aromatic carboxylic acids is 1. The second-order valence-electron chi connectivity index (χ2n) is 3.66. The molecule has 4 N–H and O–H groups in total. The van der Waals surface area contributed by atoms with Gasteiger partial charge in [-0.3, -0.25) is 0 Å². The molecule has 2 rings (SSSR count). The number of phenols is 1. The van der Waals surface area contributed by atoms with Gasteiger partial charge in [0.25, 0.3) is 0 Å². The Labute approximate surface area is 118 Å². The van der Waals surface area contributed by atoms with Crippen LogP contribution >= 0.6 is 23.7 Å². The summed E-state index contributed by atoms with van der Waals surface area (Å²) in [5.41, 5.74) is 5.29. The zero-order valence-corrected chi connectivity index (χ0v) is 11.2. The highest BCUT2D eigenvalue weighted by atomic mass is 35.5. The Morgan fingerprint density at radius 2 is 2.05 bits per heavy atom. The van der Waals surface area contributed by atoms with Crippen molar-refractivity contribution < 1.29 is 19.4 Å².